The van der Waals surface area contributed by atoms with Crippen LogP contribution in [0.15, 0.2) is 84.4 Å². The van der Waals surface area contributed by atoms with Crippen molar-refractivity contribution in [3.63, 3.8) is 0 Å². The van der Waals surface area contributed by atoms with E-state index in [4.69, 9.17) is 4.74 Å². The van der Waals surface area contributed by atoms with Gasteiger partial charge in [-0.1, -0.05) is 67.9 Å². The van der Waals surface area contributed by atoms with Crippen molar-refractivity contribution in [3.05, 3.63) is 101 Å². The molecule has 1 amide bonds. The lowest BCUT2D eigenvalue weighted by atomic mass is 9.95. The summed E-state index contributed by atoms with van der Waals surface area (Å²) in [5, 5.41) is 21.3. The molecule has 1 aliphatic rings. The number of aliphatic hydroxyl groups is 1. The van der Waals surface area contributed by atoms with Crippen molar-refractivity contribution < 1.29 is 24.5 Å². The number of likely N-dealkylation sites (tertiary alicyclic amines) is 1. The lowest BCUT2D eigenvalue weighted by Gasteiger charge is -2.25. The van der Waals surface area contributed by atoms with Crippen LogP contribution in [-0.4, -0.2) is 33.4 Å². The monoisotopic (exact) mass is 457 g/mol. The van der Waals surface area contributed by atoms with Crippen molar-refractivity contribution in [1.82, 2.24) is 4.90 Å². The van der Waals surface area contributed by atoms with Crippen LogP contribution in [0.2, 0.25) is 0 Å². The van der Waals surface area contributed by atoms with Crippen molar-refractivity contribution >= 4 is 17.4 Å². The highest BCUT2D eigenvalue weighted by molar-refractivity contribution is 6.46. The first-order valence-corrected chi connectivity index (χ1v) is 11.3. The molecule has 6 heteroatoms. The number of ether oxygens (including phenoxy) is 1. The molecule has 1 atom stereocenters. The van der Waals surface area contributed by atoms with Crippen LogP contribution < -0.4 is 4.74 Å². The van der Waals surface area contributed by atoms with Gasteiger partial charge in [0.2, 0.25) is 0 Å². The van der Waals surface area contributed by atoms with Gasteiger partial charge in [0.05, 0.1) is 18.2 Å². The van der Waals surface area contributed by atoms with Gasteiger partial charge in [-0.2, -0.15) is 0 Å². The number of nitrogens with zero attached hydrogens (tertiary/aromatic N) is 1. The standard InChI is InChI=1S/C28H27NO5/c1-2-3-15-34-23-14-8-12-21(17-23)26(31)24-25(20-11-7-13-22(30)16-20)29(28(33)27(24)32)18-19-9-5-4-6-10-19/h4-14,16-17,25,30-31H,2-3,15,18H2,1H3/b26-24+. The summed E-state index contributed by atoms with van der Waals surface area (Å²) in [5.74, 6) is -1.16. The molecule has 0 radical (unpaired) electrons. The Labute approximate surface area is 198 Å². The number of aliphatic hydroxyl groups excluding tert-OH is 1. The Morgan fingerprint density at radius 1 is 0.971 bits per heavy atom. The molecule has 0 spiro atoms. The molecule has 1 heterocycles. The van der Waals surface area contributed by atoms with Crippen LogP contribution in [0.1, 0.15) is 42.5 Å². The molecular formula is C28H27NO5. The maximum absolute atomic E-state index is 13.2. The second-order valence-corrected chi connectivity index (χ2v) is 8.24. The molecule has 0 aliphatic carbocycles. The SMILES string of the molecule is CCCCOc1cccc(/C(O)=C2\C(=O)C(=O)N(Cc3ccccc3)C2c2cccc(O)c2)c1. The Morgan fingerprint density at radius 3 is 2.47 bits per heavy atom. The van der Waals surface area contributed by atoms with E-state index in [2.05, 4.69) is 6.92 Å². The summed E-state index contributed by atoms with van der Waals surface area (Å²) < 4.78 is 5.75. The number of hydrogen-bond acceptors (Lipinski definition) is 5. The summed E-state index contributed by atoms with van der Waals surface area (Å²) in [5.41, 5.74) is 1.75. The molecule has 174 valence electrons. The lowest BCUT2D eigenvalue weighted by molar-refractivity contribution is -0.140. The van der Waals surface area contributed by atoms with Crippen LogP contribution in [-0.2, 0) is 16.1 Å². The molecule has 2 N–H and O–H groups in total. The first-order chi connectivity index (χ1) is 16.5. The quantitative estimate of drug-likeness (QED) is 0.210. The number of phenols is 1. The third kappa shape index (κ3) is 4.81. The predicted molar refractivity (Wildman–Crippen MR) is 129 cm³/mol. The Balaban J connectivity index is 1.79. The fourth-order valence-corrected chi connectivity index (χ4v) is 4.09. The van der Waals surface area contributed by atoms with Gasteiger partial charge >= 0.3 is 0 Å². The second kappa shape index (κ2) is 10.3. The van der Waals surface area contributed by atoms with Crippen LogP contribution in [0.5, 0.6) is 11.5 Å². The van der Waals surface area contributed by atoms with E-state index in [1.807, 2.05) is 30.3 Å². The lowest BCUT2D eigenvalue weighted by Crippen LogP contribution is -2.29. The van der Waals surface area contributed by atoms with Crippen LogP contribution in [0.4, 0.5) is 0 Å². The topological polar surface area (TPSA) is 87.1 Å². The fourth-order valence-electron chi connectivity index (χ4n) is 4.09. The Bertz CT molecular complexity index is 1220. The Kier molecular flexibility index (Phi) is 6.97. The zero-order valence-corrected chi connectivity index (χ0v) is 19.0. The van der Waals surface area contributed by atoms with Crippen molar-refractivity contribution in [2.75, 3.05) is 6.61 Å². The van der Waals surface area contributed by atoms with Gasteiger partial charge in [-0.3, -0.25) is 9.59 Å². The van der Waals surface area contributed by atoms with Gasteiger partial charge in [-0.25, -0.2) is 0 Å². The normalized spacial score (nSPS) is 17.2. The summed E-state index contributed by atoms with van der Waals surface area (Å²) in [6.45, 7) is 2.80. The minimum absolute atomic E-state index is 0.00844. The van der Waals surface area contributed by atoms with Gasteiger partial charge in [0.25, 0.3) is 11.7 Å². The molecule has 1 unspecified atom stereocenters. The van der Waals surface area contributed by atoms with E-state index in [1.165, 1.54) is 17.0 Å². The second-order valence-electron chi connectivity index (χ2n) is 8.24. The van der Waals surface area contributed by atoms with Gasteiger partial charge in [0, 0.05) is 12.1 Å². The largest absolute Gasteiger partial charge is 0.508 e. The summed E-state index contributed by atoms with van der Waals surface area (Å²) in [7, 11) is 0. The Hall–Kier alpha value is -4.06. The van der Waals surface area contributed by atoms with Crippen molar-refractivity contribution in [2.24, 2.45) is 0 Å². The summed E-state index contributed by atoms with van der Waals surface area (Å²) >= 11 is 0. The van der Waals surface area contributed by atoms with Crippen LogP contribution >= 0.6 is 0 Å². The molecule has 1 fully saturated rings. The first-order valence-electron chi connectivity index (χ1n) is 11.3. The zero-order valence-electron chi connectivity index (χ0n) is 19.0. The van der Waals surface area contributed by atoms with E-state index in [-0.39, 0.29) is 23.6 Å². The van der Waals surface area contributed by atoms with Crippen molar-refractivity contribution in [3.8, 4) is 11.5 Å². The van der Waals surface area contributed by atoms with Gasteiger partial charge in [0.15, 0.2) is 0 Å². The molecule has 6 nitrogen and oxygen atoms in total. The molecule has 3 aromatic rings. The predicted octanol–water partition coefficient (Wildman–Crippen LogP) is 5.19. The van der Waals surface area contributed by atoms with Crippen LogP contribution in [0.3, 0.4) is 0 Å². The number of carbonyl (C=O) groups excluding carboxylic acids is 2. The number of carbonyl (C=O) groups is 2. The fraction of sp³-hybridized carbons (Fsp3) is 0.214. The summed E-state index contributed by atoms with van der Waals surface area (Å²) in [6.07, 6.45) is 1.90. The minimum Gasteiger partial charge on any atom is -0.508 e. The highest BCUT2D eigenvalue weighted by Gasteiger charge is 2.46. The van der Waals surface area contributed by atoms with Crippen LogP contribution in [0.25, 0.3) is 5.76 Å². The van der Waals surface area contributed by atoms with E-state index >= 15 is 0 Å². The van der Waals surface area contributed by atoms with E-state index in [0.717, 1.165) is 18.4 Å². The molecule has 4 rings (SSSR count). The number of benzene rings is 3. The smallest absolute Gasteiger partial charge is 0.295 e. The molecule has 3 aromatic carbocycles. The average molecular weight is 458 g/mol. The number of rotatable bonds is 8. The Morgan fingerprint density at radius 2 is 1.74 bits per heavy atom. The molecular weight excluding hydrogens is 430 g/mol. The molecule has 0 bridgehead atoms. The molecule has 0 saturated carbocycles. The molecule has 34 heavy (non-hydrogen) atoms. The van der Waals surface area contributed by atoms with Crippen molar-refractivity contribution in [1.29, 1.82) is 0 Å². The molecule has 1 aliphatic heterocycles. The highest BCUT2D eigenvalue weighted by atomic mass is 16.5. The number of hydrogen-bond donors (Lipinski definition) is 2. The third-order valence-electron chi connectivity index (χ3n) is 5.80. The minimum atomic E-state index is -0.850. The van der Waals surface area contributed by atoms with E-state index in [1.54, 1.807) is 36.4 Å². The summed E-state index contributed by atoms with van der Waals surface area (Å²) in [4.78, 5) is 27.7. The maximum Gasteiger partial charge on any atom is 0.295 e. The number of ketones is 1. The van der Waals surface area contributed by atoms with E-state index in [9.17, 15) is 19.8 Å². The average Bonchev–Trinajstić information content (AvgIpc) is 3.09. The molecule has 0 aromatic heterocycles. The maximum atomic E-state index is 13.2. The first kappa shape index (κ1) is 23.1. The summed E-state index contributed by atoms with van der Waals surface area (Å²) in [6, 6.07) is 21.7. The van der Waals surface area contributed by atoms with Gasteiger partial charge in [-0.05, 0) is 41.8 Å². The van der Waals surface area contributed by atoms with Crippen molar-refractivity contribution in [2.45, 2.75) is 32.4 Å². The number of phenolic OH excluding ortho intramolecular Hbond substituents is 1. The van der Waals surface area contributed by atoms with E-state index < -0.39 is 17.7 Å². The van der Waals surface area contributed by atoms with Gasteiger partial charge in [-0.15, -0.1) is 0 Å². The third-order valence-corrected chi connectivity index (χ3v) is 5.80. The number of amides is 1. The zero-order chi connectivity index (χ0) is 24.1. The molecule has 1 saturated heterocycles. The van der Waals surface area contributed by atoms with Crippen LogP contribution in [0, 0.1) is 0 Å². The highest BCUT2D eigenvalue weighted by Crippen LogP contribution is 2.41. The van der Waals surface area contributed by atoms with E-state index in [0.29, 0.717) is 23.5 Å². The van der Waals surface area contributed by atoms with Gasteiger partial charge in [0.1, 0.15) is 17.3 Å². The van der Waals surface area contributed by atoms with Gasteiger partial charge < -0.3 is 19.8 Å². The number of aromatic hydroxyl groups is 1. The number of Topliss-reactive ketones (excluding diaryl/α,β-unsaturated/α-hetero) is 1. The number of unbranched alkanes of at least 4 members (excludes halogenated alkanes) is 1.